The largest absolute Gasteiger partial charge is 0.376 e. The Balaban J connectivity index is 0.00000450. The molecule has 0 saturated carbocycles. The van der Waals surface area contributed by atoms with Gasteiger partial charge in [-0.15, -0.1) is 24.0 Å². The average molecular weight is 531 g/mol. The van der Waals surface area contributed by atoms with Crippen LogP contribution in [-0.2, 0) is 9.53 Å². The molecule has 0 bridgehead atoms. The Hall–Kier alpha value is -1.55. The number of carbonyl (C=O) groups is 1. The number of aliphatic imine (C=N–C) groups is 1. The molecule has 1 aromatic carbocycles. The van der Waals surface area contributed by atoms with Crippen LogP contribution in [0.15, 0.2) is 35.3 Å². The van der Waals surface area contributed by atoms with E-state index in [1.165, 1.54) is 12.1 Å². The van der Waals surface area contributed by atoms with E-state index in [1.54, 1.807) is 19.0 Å². The van der Waals surface area contributed by atoms with E-state index in [1.807, 2.05) is 6.07 Å². The molecular formula is C22H38IN5O2. The van der Waals surface area contributed by atoms with Crippen molar-refractivity contribution in [2.75, 3.05) is 58.3 Å². The number of nitrogens with one attached hydrogen (secondary N) is 2. The first-order valence-corrected chi connectivity index (χ1v) is 10.7. The number of hydrogen-bond donors (Lipinski definition) is 2. The molecule has 30 heavy (non-hydrogen) atoms. The Morgan fingerprint density at radius 3 is 2.60 bits per heavy atom. The monoisotopic (exact) mass is 531 g/mol. The molecule has 1 heterocycles. The van der Waals surface area contributed by atoms with Crippen LogP contribution in [-0.4, -0.2) is 76.3 Å². The van der Waals surface area contributed by atoms with Gasteiger partial charge in [0.25, 0.3) is 0 Å². The number of carbonyl (C=O) groups excluding carboxylic acids is 1. The van der Waals surface area contributed by atoms with Crippen molar-refractivity contribution in [1.82, 2.24) is 15.5 Å². The van der Waals surface area contributed by atoms with Crippen molar-refractivity contribution in [2.24, 2.45) is 4.99 Å². The molecule has 1 fully saturated rings. The molecule has 0 aromatic heterocycles. The minimum absolute atomic E-state index is 0. The van der Waals surface area contributed by atoms with Gasteiger partial charge < -0.3 is 25.2 Å². The predicted octanol–water partition coefficient (Wildman–Crippen LogP) is 2.71. The van der Waals surface area contributed by atoms with Crippen LogP contribution >= 0.6 is 24.0 Å². The molecule has 1 saturated heterocycles. The van der Waals surface area contributed by atoms with Gasteiger partial charge >= 0.3 is 0 Å². The summed E-state index contributed by atoms with van der Waals surface area (Å²) in [5.74, 6) is 0.665. The van der Waals surface area contributed by atoms with E-state index in [2.05, 4.69) is 51.7 Å². The number of ether oxygens (including phenoxy) is 1. The van der Waals surface area contributed by atoms with Gasteiger partial charge in [-0.05, 0) is 44.7 Å². The van der Waals surface area contributed by atoms with Gasteiger partial charge in [0.2, 0.25) is 5.91 Å². The van der Waals surface area contributed by atoms with Gasteiger partial charge in [0.1, 0.15) is 6.54 Å². The van der Waals surface area contributed by atoms with Gasteiger partial charge in [0.05, 0.1) is 6.10 Å². The zero-order chi connectivity index (χ0) is 20.9. The Bertz CT molecular complexity index is 621. The first-order valence-electron chi connectivity index (χ1n) is 10.7. The lowest BCUT2D eigenvalue weighted by Gasteiger charge is -2.25. The second-order valence-electron chi connectivity index (χ2n) is 7.52. The smallest absolute Gasteiger partial charge is 0.243 e. The highest BCUT2D eigenvalue weighted by Gasteiger charge is 2.14. The molecule has 0 radical (unpaired) electrons. The molecule has 1 aliphatic heterocycles. The maximum absolute atomic E-state index is 11.9. The molecule has 0 aliphatic carbocycles. The van der Waals surface area contributed by atoms with Crippen LogP contribution in [0.4, 0.5) is 5.69 Å². The van der Waals surface area contributed by atoms with Crippen molar-refractivity contribution >= 4 is 41.5 Å². The second kappa shape index (κ2) is 15.3. The third-order valence-corrected chi connectivity index (χ3v) is 5.04. The van der Waals surface area contributed by atoms with E-state index in [0.29, 0.717) is 12.5 Å². The molecule has 8 heteroatoms. The summed E-state index contributed by atoms with van der Waals surface area (Å²) in [5, 5.41) is 6.72. The van der Waals surface area contributed by atoms with E-state index in [4.69, 9.17) is 4.74 Å². The summed E-state index contributed by atoms with van der Waals surface area (Å²) in [7, 11) is 3.49. The highest BCUT2D eigenvalue weighted by atomic mass is 127. The first-order chi connectivity index (χ1) is 14.1. The third-order valence-electron chi connectivity index (χ3n) is 5.04. The number of rotatable bonds is 10. The van der Waals surface area contributed by atoms with Crippen molar-refractivity contribution in [3.63, 3.8) is 0 Å². The van der Waals surface area contributed by atoms with Gasteiger partial charge in [-0.1, -0.05) is 18.2 Å². The number of likely N-dealkylation sites (N-methyl/N-ethyl adjacent to an activating group) is 1. The van der Waals surface area contributed by atoms with Gasteiger partial charge in [-0.25, -0.2) is 4.99 Å². The highest BCUT2D eigenvalue weighted by Crippen LogP contribution is 2.13. The fourth-order valence-corrected chi connectivity index (χ4v) is 3.23. The van der Waals surface area contributed by atoms with E-state index >= 15 is 0 Å². The SMILES string of the molecule is CCN(CCCNC(=NCC(=O)N(C)C)NCC1CCCCO1)c1ccccc1.I. The molecule has 0 spiro atoms. The van der Waals surface area contributed by atoms with Crippen molar-refractivity contribution in [3.05, 3.63) is 30.3 Å². The van der Waals surface area contributed by atoms with Crippen LogP contribution in [0.25, 0.3) is 0 Å². The molecule has 170 valence electrons. The van der Waals surface area contributed by atoms with Crippen molar-refractivity contribution < 1.29 is 9.53 Å². The minimum Gasteiger partial charge on any atom is -0.376 e. The lowest BCUT2D eigenvalue weighted by Crippen LogP contribution is -2.44. The second-order valence-corrected chi connectivity index (χ2v) is 7.52. The number of benzene rings is 1. The van der Waals surface area contributed by atoms with Crippen LogP contribution in [0.5, 0.6) is 0 Å². The molecule has 1 aliphatic rings. The van der Waals surface area contributed by atoms with Crippen LogP contribution in [0.3, 0.4) is 0 Å². The van der Waals surface area contributed by atoms with E-state index < -0.39 is 0 Å². The van der Waals surface area contributed by atoms with Gasteiger partial charge in [-0.2, -0.15) is 0 Å². The maximum atomic E-state index is 11.9. The number of guanidine groups is 1. The topological polar surface area (TPSA) is 69.2 Å². The molecule has 2 rings (SSSR count). The van der Waals surface area contributed by atoms with Crippen molar-refractivity contribution in [2.45, 2.75) is 38.7 Å². The Labute approximate surface area is 198 Å². The zero-order valence-corrected chi connectivity index (χ0v) is 20.9. The molecule has 2 N–H and O–H groups in total. The third kappa shape index (κ3) is 9.97. The fourth-order valence-electron chi connectivity index (χ4n) is 3.23. The quantitative estimate of drug-likeness (QED) is 0.210. The maximum Gasteiger partial charge on any atom is 0.243 e. The standard InChI is InChI=1S/C22H37N5O2.HI/c1-4-27(19-11-6-5-7-12-19)15-10-14-23-22(25-18-21(28)26(2)3)24-17-20-13-8-9-16-29-20;/h5-7,11-12,20H,4,8-10,13-18H2,1-3H3,(H2,23,24,25);1H. The van der Waals surface area contributed by atoms with Gasteiger partial charge in [-0.3, -0.25) is 4.79 Å². The number of halogens is 1. The average Bonchev–Trinajstić information content (AvgIpc) is 2.76. The first kappa shape index (κ1) is 26.5. The van der Waals surface area contributed by atoms with E-state index in [9.17, 15) is 4.79 Å². The van der Waals surface area contributed by atoms with Gasteiger partial charge in [0, 0.05) is 52.6 Å². The Kier molecular flexibility index (Phi) is 13.5. The summed E-state index contributed by atoms with van der Waals surface area (Å²) in [6.45, 7) is 6.58. The summed E-state index contributed by atoms with van der Waals surface area (Å²) < 4.78 is 5.79. The lowest BCUT2D eigenvalue weighted by atomic mass is 10.1. The minimum atomic E-state index is -0.0127. The number of nitrogens with zero attached hydrogens (tertiary/aromatic N) is 3. The molecule has 1 atom stereocenters. The fraction of sp³-hybridized carbons (Fsp3) is 0.636. The summed E-state index contributed by atoms with van der Waals surface area (Å²) in [4.78, 5) is 20.3. The molecule has 1 unspecified atom stereocenters. The van der Waals surface area contributed by atoms with E-state index in [0.717, 1.165) is 45.5 Å². The highest BCUT2D eigenvalue weighted by molar-refractivity contribution is 14.0. The lowest BCUT2D eigenvalue weighted by molar-refractivity contribution is -0.127. The predicted molar refractivity (Wildman–Crippen MR) is 135 cm³/mol. The number of hydrogen-bond acceptors (Lipinski definition) is 4. The molecule has 1 amide bonds. The number of anilines is 1. The van der Waals surface area contributed by atoms with Crippen LogP contribution in [0.2, 0.25) is 0 Å². The summed E-state index contributed by atoms with van der Waals surface area (Å²) in [5.41, 5.74) is 1.24. The van der Waals surface area contributed by atoms with E-state index in [-0.39, 0.29) is 42.5 Å². The van der Waals surface area contributed by atoms with Gasteiger partial charge in [0.15, 0.2) is 5.96 Å². The molecule has 7 nitrogen and oxygen atoms in total. The Morgan fingerprint density at radius 1 is 1.20 bits per heavy atom. The summed E-state index contributed by atoms with van der Waals surface area (Å²) in [6.07, 6.45) is 4.61. The number of amides is 1. The normalized spacial score (nSPS) is 16.4. The van der Waals surface area contributed by atoms with Crippen molar-refractivity contribution in [1.29, 1.82) is 0 Å². The number of para-hydroxylation sites is 1. The summed E-state index contributed by atoms with van der Waals surface area (Å²) in [6, 6.07) is 10.5. The van der Waals surface area contributed by atoms with Crippen molar-refractivity contribution in [3.8, 4) is 0 Å². The zero-order valence-electron chi connectivity index (χ0n) is 18.6. The van der Waals surface area contributed by atoms with Crippen LogP contribution in [0, 0.1) is 0 Å². The summed E-state index contributed by atoms with van der Waals surface area (Å²) >= 11 is 0. The molecule has 1 aromatic rings. The Morgan fingerprint density at radius 2 is 1.97 bits per heavy atom. The van der Waals surface area contributed by atoms with Crippen LogP contribution < -0.4 is 15.5 Å². The van der Waals surface area contributed by atoms with Crippen LogP contribution in [0.1, 0.15) is 32.6 Å². The molecular weight excluding hydrogens is 493 g/mol.